The predicted octanol–water partition coefficient (Wildman–Crippen LogP) is 6.33. The summed E-state index contributed by atoms with van der Waals surface area (Å²) in [5.74, 6) is 0.227. The lowest BCUT2D eigenvalue weighted by Crippen LogP contribution is -1.86. The van der Waals surface area contributed by atoms with Gasteiger partial charge in [0.15, 0.2) is 5.78 Å². The van der Waals surface area contributed by atoms with Gasteiger partial charge in [-0.25, -0.2) is 0 Å². The lowest BCUT2D eigenvalue weighted by Gasteiger charge is -1.97. The Morgan fingerprint density at radius 1 is 0.810 bits per heavy atom. The molecule has 0 saturated carbocycles. The van der Waals surface area contributed by atoms with Crippen LogP contribution >= 0.6 is 0 Å². The van der Waals surface area contributed by atoms with Crippen LogP contribution in [-0.4, -0.2) is 5.78 Å². The highest BCUT2D eigenvalue weighted by molar-refractivity contribution is 5.89. The van der Waals surface area contributed by atoms with Crippen molar-refractivity contribution in [2.24, 2.45) is 0 Å². The van der Waals surface area contributed by atoms with Crippen molar-refractivity contribution in [3.63, 3.8) is 0 Å². The molecule has 0 aromatic rings. The van der Waals surface area contributed by atoms with E-state index in [0.717, 1.165) is 19.3 Å². The van der Waals surface area contributed by atoms with Crippen LogP contribution < -0.4 is 0 Å². The molecule has 118 valence electrons. The van der Waals surface area contributed by atoms with Crippen LogP contribution in [0, 0.1) is 0 Å². The zero-order chi connectivity index (χ0) is 15.6. The average Bonchev–Trinajstić information content (AvgIpc) is 2.50. The van der Waals surface area contributed by atoms with Gasteiger partial charge in [-0.2, -0.15) is 0 Å². The van der Waals surface area contributed by atoms with Crippen LogP contribution in [0.25, 0.3) is 0 Å². The van der Waals surface area contributed by atoms with Crippen LogP contribution in [0.15, 0.2) is 49.1 Å². The van der Waals surface area contributed by atoms with Crippen molar-refractivity contribution in [1.82, 2.24) is 0 Å². The number of hydrogen-bond acceptors (Lipinski definition) is 1. The van der Waals surface area contributed by atoms with Crippen molar-refractivity contribution in [2.75, 3.05) is 0 Å². The maximum absolute atomic E-state index is 11.0. The molecule has 1 heteroatoms. The van der Waals surface area contributed by atoms with E-state index < -0.39 is 0 Å². The number of carbonyl (C=O) groups excluding carboxylic acids is 1. The SMILES string of the molecule is C=CC=CCCCCCCC=CCCCC=CC(=O)CC. The third kappa shape index (κ3) is 16.6. The predicted molar refractivity (Wildman–Crippen MR) is 94.5 cm³/mol. The van der Waals surface area contributed by atoms with Crippen molar-refractivity contribution >= 4 is 5.78 Å². The molecule has 0 radical (unpaired) electrons. The summed E-state index contributed by atoms with van der Waals surface area (Å²) in [4.78, 5) is 11.0. The molecule has 0 spiro atoms. The first-order valence-electron chi connectivity index (χ1n) is 8.43. The molecule has 0 atom stereocenters. The largest absolute Gasteiger partial charge is 0.295 e. The maximum Gasteiger partial charge on any atom is 0.155 e. The van der Waals surface area contributed by atoms with Gasteiger partial charge in [0.1, 0.15) is 0 Å². The second kappa shape index (κ2) is 16.7. The molecule has 0 heterocycles. The zero-order valence-electron chi connectivity index (χ0n) is 13.7. The lowest BCUT2D eigenvalue weighted by atomic mass is 10.1. The van der Waals surface area contributed by atoms with E-state index in [1.807, 2.05) is 25.2 Å². The molecule has 0 rings (SSSR count). The van der Waals surface area contributed by atoms with Crippen LogP contribution in [-0.2, 0) is 4.79 Å². The Bertz CT molecular complexity index is 334. The fraction of sp³-hybridized carbons (Fsp3) is 0.550. The molecule has 0 bridgehead atoms. The van der Waals surface area contributed by atoms with Gasteiger partial charge in [0.05, 0.1) is 0 Å². The molecular formula is C20H32O. The molecule has 0 saturated heterocycles. The minimum Gasteiger partial charge on any atom is -0.295 e. The van der Waals surface area contributed by atoms with Crippen LogP contribution in [0.4, 0.5) is 0 Å². The number of allylic oxidation sites excluding steroid dienone is 7. The fourth-order valence-electron chi connectivity index (χ4n) is 1.99. The maximum atomic E-state index is 11.0. The molecule has 0 unspecified atom stereocenters. The average molecular weight is 288 g/mol. The smallest absolute Gasteiger partial charge is 0.155 e. The molecule has 0 aromatic heterocycles. The van der Waals surface area contributed by atoms with Gasteiger partial charge in [0.25, 0.3) is 0 Å². The third-order valence-electron chi connectivity index (χ3n) is 3.32. The molecule has 0 fully saturated rings. The van der Waals surface area contributed by atoms with Gasteiger partial charge in [-0.1, -0.05) is 62.8 Å². The van der Waals surface area contributed by atoms with Crippen molar-refractivity contribution < 1.29 is 4.79 Å². The van der Waals surface area contributed by atoms with E-state index in [4.69, 9.17) is 0 Å². The minimum atomic E-state index is 0.227. The van der Waals surface area contributed by atoms with E-state index in [2.05, 4.69) is 24.8 Å². The first-order chi connectivity index (χ1) is 10.3. The van der Waals surface area contributed by atoms with Crippen LogP contribution in [0.1, 0.15) is 71.1 Å². The lowest BCUT2D eigenvalue weighted by molar-refractivity contribution is -0.114. The van der Waals surface area contributed by atoms with E-state index in [0.29, 0.717) is 6.42 Å². The first kappa shape index (κ1) is 19.6. The zero-order valence-corrected chi connectivity index (χ0v) is 13.7. The summed E-state index contributed by atoms with van der Waals surface area (Å²) in [6.07, 6.45) is 25.8. The summed E-state index contributed by atoms with van der Waals surface area (Å²) in [7, 11) is 0. The van der Waals surface area contributed by atoms with E-state index in [1.165, 1.54) is 38.5 Å². The second-order valence-corrected chi connectivity index (χ2v) is 5.28. The molecular weight excluding hydrogens is 256 g/mol. The Balaban J connectivity index is 3.26. The summed E-state index contributed by atoms with van der Waals surface area (Å²) >= 11 is 0. The van der Waals surface area contributed by atoms with Crippen LogP contribution in [0.2, 0.25) is 0 Å². The summed E-state index contributed by atoms with van der Waals surface area (Å²) in [6, 6.07) is 0. The summed E-state index contributed by atoms with van der Waals surface area (Å²) in [6.45, 7) is 5.55. The van der Waals surface area contributed by atoms with E-state index in [1.54, 1.807) is 6.08 Å². The molecule has 21 heavy (non-hydrogen) atoms. The highest BCUT2D eigenvalue weighted by Crippen LogP contribution is 2.07. The fourth-order valence-corrected chi connectivity index (χ4v) is 1.99. The van der Waals surface area contributed by atoms with Gasteiger partial charge in [-0.05, 0) is 51.0 Å². The number of unbranched alkanes of at least 4 members (excludes halogenated alkanes) is 7. The summed E-state index contributed by atoms with van der Waals surface area (Å²) in [5.41, 5.74) is 0. The topological polar surface area (TPSA) is 17.1 Å². The normalized spacial score (nSPS) is 11.9. The van der Waals surface area contributed by atoms with Gasteiger partial charge >= 0.3 is 0 Å². The van der Waals surface area contributed by atoms with E-state index in [9.17, 15) is 4.79 Å². The van der Waals surface area contributed by atoms with Gasteiger partial charge in [-0.3, -0.25) is 4.79 Å². The number of carbonyl (C=O) groups is 1. The Morgan fingerprint density at radius 2 is 1.38 bits per heavy atom. The summed E-state index contributed by atoms with van der Waals surface area (Å²) in [5, 5.41) is 0. The van der Waals surface area contributed by atoms with E-state index >= 15 is 0 Å². The Labute approximate surface area is 131 Å². The minimum absolute atomic E-state index is 0.227. The van der Waals surface area contributed by atoms with Crippen molar-refractivity contribution in [2.45, 2.75) is 71.1 Å². The molecule has 0 aliphatic heterocycles. The Hall–Kier alpha value is -1.37. The highest BCUT2D eigenvalue weighted by Gasteiger charge is 1.89. The van der Waals surface area contributed by atoms with Gasteiger partial charge in [0.2, 0.25) is 0 Å². The van der Waals surface area contributed by atoms with Gasteiger partial charge in [-0.15, -0.1) is 0 Å². The van der Waals surface area contributed by atoms with Crippen LogP contribution in [0.3, 0.4) is 0 Å². The number of rotatable bonds is 14. The molecule has 0 aliphatic carbocycles. The quantitative estimate of drug-likeness (QED) is 0.158. The molecule has 1 nitrogen and oxygen atoms in total. The van der Waals surface area contributed by atoms with Gasteiger partial charge in [0, 0.05) is 6.42 Å². The van der Waals surface area contributed by atoms with E-state index in [-0.39, 0.29) is 5.78 Å². The standard InChI is InChI=1S/C20H32O/c1-3-5-6-7-8-9-10-11-12-13-14-15-16-17-18-19-20(21)4-2/h3,5-6,13-14,18-19H,1,4,7-12,15-17H2,2H3. The van der Waals surface area contributed by atoms with Crippen LogP contribution in [0.5, 0.6) is 0 Å². The molecule has 0 N–H and O–H groups in total. The first-order valence-corrected chi connectivity index (χ1v) is 8.43. The Kier molecular flexibility index (Phi) is 15.6. The van der Waals surface area contributed by atoms with Crippen molar-refractivity contribution in [1.29, 1.82) is 0 Å². The van der Waals surface area contributed by atoms with Crippen molar-refractivity contribution in [3.05, 3.63) is 49.1 Å². The monoisotopic (exact) mass is 288 g/mol. The number of ketones is 1. The van der Waals surface area contributed by atoms with Gasteiger partial charge < -0.3 is 0 Å². The second-order valence-electron chi connectivity index (χ2n) is 5.28. The molecule has 0 aliphatic rings. The third-order valence-corrected chi connectivity index (χ3v) is 3.32. The Morgan fingerprint density at radius 3 is 2.00 bits per heavy atom. The molecule has 0 amide bonds. The van der Waals surface area contributed by atoms with Crippen molar-refractivity contribution in [3.8, 4) is 0 Å². The number of hydrogen-bond donors (Lipinski definition) is 0. The summed E-state index contributed by atoms with van der Waals surface area (Å²) < 4.78 is 0. The molecule has 0 aromatic carbocycles. The highest BCUT2D eigenvalue weighted by atomic mass is 16.1.